The number of rotatable bonds is 6. The van der Waals surface area contributed by atoms with Crippen molar-refractivity contribution in [3.05, 3.63) is 65.7 Å². The van der Waals surface area contributed by atoms with Gasteiger partial charge in [0.2, 0.25) is 0 Å². The number of carbonyl (C=O) groups is 1. The Balaban J connectivity index is 1.53. The molecule has 0 bridgehead atoms. The van der Waals surface area contributed by atoms with Crippen molar-refractivity contribution in [3.8, 4) is 0 Å². The van der Waals surface area contributed by atoms with Crippen molar-refractivity contribution in [1.82, 2.24) is 19.9 Å². The highest BCUT2D eigenvalue weighted by atomic mass is 16.5. The Morgan fingerprint density at radius 2 is 1.84 bits per heavy atom. The van der Waals surface area contributed by atoms with Gasteiger partial charge in [-0.3, -0.25) is 4.79 Å². The second-order valence-corrected chi connectivity index (χ2v) is 7.88. The van der Waals surface area contributed by atoms with Gasteiger partial charge in [0.25, 0.3) is 5.91 Å². The molecule has 1 amide bonds. The number of ether oxygens (including phenoxy) is 1. The largest absolute Gasteiger partial charge is 0.384 e. The van der Waals surface area contributed by atoms with Crippen LogP contribution in [0.2, 0.25) is 0 Å². The lowest BCUT2D eigenvalue weighted by Gasteiger charge is -2.11. The molecule has 3 heterocycles. The number of hydrogen-bond acceptors (Lipinski definition) is 5. The van der Waals surface area contributed by atoms with Crippen molar-refractivity contribution in [2.24, 2.45) is 0 Å². The van der Waals surface area contributed by atoms with E-state index in [2.05, 4.69) is 17.4 Å². The number of nitrogens with zero attached hydrogens (tertiary/aromatic N) is 3. The van der Waals surface area contributed by atoms with Gasteiger partial charge in [-0.05, 0) is 37.0 Å². The fourth-order valence-corrected chi connectivity index (χ4v) is 4.15. The molecular formula is C24H25N5O2. The Hall–Kier alpha value is -3.45. The first-order chi connectivity index (χ1) is 15.2. The number of nitrogens with two attached hydrogens (primary N) is 1. The third-order valence-electron chi connectivity index (χ3n) is 5.80. The highest BCUT2D eigenvalue weighted by molar-refractivity contribution is 6.10. The standard InChI is InChI=1S/C24H25N5O2/c25-22-20(24(30)26-15-17-9-6-14-31-17)21-23(28-19-11-5-4-10-18(19)27-21)29(22)13-12-16-7-2-1-3-8-16/h1-5,7-8,10-11,17H,6,9,12-15,25H2,(H,26,30)/t17-/m0/s1. The summed E-state index contributed by atoms with van der Waals surface area (Å²) in [6, 6.07) is 17.9. The van der Waals surface area contributed by atoms with Crippen LogP contribution >= 0.6 is 0 Å². The van der Waals surface area contributed by atoms with Crippen molar-refractivity contribution < 1.29 is 9.53 Å². The summed E-state index contributed by atoms with van der Waals surface area (Å²) in [6.45, 7) is 1.83. The number of benzene rings is 2. The zero-order valence-corrected chi connectivity index (χ0v) is 17.3. The topological polar surface area (TPSA) is 95.1 Å². The lowest BCUT2D eigenvalue weighted by Crippen LogP contribution is -2.32. The molecule has 1 aliphatic rings. The number of nitrogens with one attached hydrogen (secondary N) is 1. The van der Waals surface area contributed by atoms with Gasteiger partial charge in [-0.25, -0.2) is 9.97 Å². The summed E-state index contributed by atoms with van der Waals surface area (Å²) in [5.41, 5.74) is 10.8. The number of anilines is 1. The van der Waals surface area contributed by atoms with Gasteiger partial charge < -0.3 is 20.4 Å². The molecule has 0 radical (unpaired) electrons. The van der Waals surface area contributed by atoms with E-state index in [4.69, 9.17) is 20.4 Å². The first kappa shape index (κ1) is 19.5. The minimum atomic E-state index is -0.235. The SMILES string of the molecule is Nc1c(C(=O)NC[C@@H]2CCCO2)c2nc3ccccc3nc2n1CCc1ccccc1. The number of para-hydroxylation sites is 2. The molecule has 1 atom stereocenters. The summed E-state index contributed by atoms with van der Waals surface area (Å²) in [4.78, 5) is 22.7. The molecule has 7 nitrogen and oxygen atoms in total. The second-order valence-electron chi connectivity index (χ2n) is 7.88. The first-order valence-electron chi connectivity index (χ1n) is 10.7. The number of nitrogen functional groups attached to an aromatic ring is 1. The molecule has 3 N–H and O–H groups in total. The van der Waals surface area contributed by atoms with Gasteiger partial charge in [-0.1, -0.05) is 42.5 Å². The van der Waals surface area contributed by atoms with Crippen LogP contribution in [0, 0.1) is 0 Å². The van der Waals surface area contributed by atoms with Gasteiger partial charge in [-0.15, -0.1) is 0 Å². The van der Waals surface area contributed by atoms with Gasteiger partial charge in [0, 0.05) is 19.7 Å². The van der Waals surface area contributed by atoms with E-state index in [1.54, 1.807) is 0 Å². The van der Waals surface area contributed by atoms with Gasteiger partial charge in [0.1, 0.15) is 16.9 Å². The first-order valence-corrected chi connectivity index (χ1v) is 10.7. The summed E-state index contributed by atoms with van der Waals surface area (Å²) in [6.07, 6.45) is 2.82. The molecule has 0 aliphatic carbocycles. The average molecular weight is 415 g/mol. The fraction of sp³-hybridized carbons (Fsp3) is 0.292. The van der Waals surface area contributed by atoms with Crippen LogP contribution in [-0.4, -0.2) is 39.7 Å². The van der Waals surface area contributed by atoms with Gasteiger partial charge in [0.15, 0.2) is 5.65 Å². The number of amides is 1. The zero-order valence-electron chi connectivity index (χ0n) is 17.3. The Morgan fingerprint density at radius 3 is 2.58 bits per heavy atom. The van der Waals surface area contributed by atoms with Crippen LogP contribution in [0.1, 0.15) is 28.8 Å². The van der Waals surface area contributed by atoms with Crippen LogP contribution in [0.5, 0.6) is 0 Å². The maximum absolute atomic E-state index is 13.1. The number of aromatic nitrogens is 3. The predicted octanol–water partition coefficient (Wildman–Crippen LogP) is 3.32. The van der Waals surface area contributed by atoms with Crippen molar-refractivity contribution in [2.75, 3.05) is 18.9 Å². The van der Waals surface area contributed by atoms with E-state index >= 15 is 0 Å². The molecule has 1 saturated heterocycles. The molecular weight excluding hydrogens is 390 g/mol. The summed E-state index contributed by atoms with van der Waals surface area (Å²) in [5.74, 6) is 0.159. The average Bonchev–Trinajstić information content (AvgIpc) is 3.41. The van der Waals surface area contributed by atoms with E-state index in [-0.39, 0.29) is 12.0 Å². The van der Waals surface area contributed by atoms with Gasteiger partial charge in [-0.2, -0.15) is 0 Å². The third kappa shape index (κ3) is 3.84. The Morgan fingerprint density at radius 1 is 1.10 bits per heavy atom. The minimum absolute atomic E-state index is 0.0588. The van der Waals surface area contributed by atoms with Crippen molar-refractivity contribution in [1.29, 1.82) is 0 Å². The van der Waals surface area contributed by atoms with E-state index in [0.29, 0.717) is 35.6 Å². The summed E-state index contributed by atoms with van der Waals surface area (Å²) in [7, 11) is 0. The molecule has 1 aliphatic heterocycles. The minimum Gasteiger partial charge on any atom is -0.384 e. The highest BCUT2D eigenvalue weighted by Crippen LogP contribution is 2.28. The molecule has 2 aromatic carbocycles. The molecule has 7 heteroatoms. The van der Waals surface area contributed by atoms with Gasteiger partial charge in [0.05, 0.1) is 17.1 Å². The summed E-state index contributed by atoms with van der Waals surface area (Å²) in [5, 5.41) is 2.98. The van der Waals surface area contributed by atoms with Crippen LogP contribution < -0.4 is 11.1 Å². The van der Waals surface area contributed by atoms with E-state index in [1.165, 1.54) is 5.56 Å². The monoisotopic (exact) mass is 415 g/mol. The van der Waals surface area contributed by atoms with Crippen molar-refractivity contribution in [2.45, 2.75) is 31.9 Å². The molecule has 1 fully saturated rings. The van der Waals surface area contributed by atoms with E-state index < -0.39 is 0 Å². The molecule has 0 saturated carbocycles. The van der Waals surface area contributed by atoms with Crippen molar-refractivity contribution >= 4 is 33.9 Å². The molecule has 4 aromatic rings. The number of aryl methyl sites for hydroxylation is 2. The fourth-order valence-electron chi connectivity index (χ4n) is 4.15. The van der Waals surface area contributed by atoms with E-state index in [9.17, 15) is 4.79 Å². The second kappa shape index (κ2) is 8.35. The molecule has 0 unspecified atom stereocenters. The van der Waals surface area contributed by atoms with Gasteiger partial charge >= 0.3 is 0 Å². The lowest BCUT2D eigenvalue weighted by molar-refractivity contribution is 0.0859. The van der Waals surface area contributed by atoms with Crippen LogP contribution in [-0.2, 0) is 17.7 Å². The number of hydrogen-bond donors (Lipinski definition) is 2. The molecule has 0 spiro atoms. The lowest BCUT2D eigenvalue weighted by atomic mass is 10.1. The smallest absolute Gasteiger partial charge is 0.257 e. The Kier molecular flexibility index (Phi) is 5.26. The van der Waals surface area contributed by atoms with E-state index in [1.807, 2.05) is 47.0 Å². The quantitative estimate of drug-likeness (QED) is 0.504. The number of fused-ring (bicyclic) bond motifs is 2. The van der Waals surface area contributed by atoms with E-state index in [0.717, 1.165) is 36.9 Å². The van der Waals surface area contributed by atoms with Crippen LogP contribution in [0.4, 0.5) is 5.82 Å². The van der Waals surface area contributed by atoms with Crippen LogP contribution in [0.3, 0.4) is 0 Å². The number of carbonyl (C=O) groups excluding carboxylic acids is 1. The summed E-state index contributed by atoms with van der Waals surface area (Å²) >= 11 is 0. The highest BCUT2D eigenvalue weighted by Gasteiger charge is 2.25. The Labute approximate surface area is 180 Å². The van der Waals surface area contributed by atoms with Crippen LogP contribution in [0.25, 0.3) is 22.2 Å². The maximum atomic E-state index is 13.1. The van der Waals surface area contributed by atoms with Crippen LogP contribution in [0.15, 0.2) is 54.6 Å². The summed E-state index contributed by atoms with van der Waals surface area (Å²) < 4.78 is 7.53. The maximum Gasteiger partial charge on any atom is 0.257 e. The molecule has 158 valence electrons. The zero-order chi connectivity index (χ0) is 21.2. The molecule has 31 heavy (non-hydrogen) atoms. The normalized spacial score (nSPS) is 16.2. The van der Waals surface area contributed by atoms with Crippen molar-refractivity contribution in [3.63, 3.8) is 0 Å². The predicted molar refractivity (Wildman–Crippen MR) is 121 cm³/mol. The molecule has 5 rings (SSSR count). The Bertz CT molecular complexity index is 1230. The molecule has 2 aromatic heterocycles. The third-order valence-corrected chi connectivity index (χ3v) is 5.80.